The molecular weight excluding hydrogens is 272 g/mol. The normalized spacial score (nSPS) is 12.8. The summed E-state index contributed by atoms with van der Waals surface area (Å²) in [5.74, 6) is 1.63. The highest BCUT2D eigenvalue weighted by molar-refractivity contribution is 6.30. The van der Waals surface area contributed by atoms with Crippen molar-refractivity contribution in [3.05, 3.63) is 16.5 Å². The first-order valence-electron chi connectivity index (χ1n) is 7.66. The topological polar surface area (TPSA) is 35.0 Å². The molecule has 1 rings (SSSR count). The fraction of sp³-hybridized carbons (Fsp3) is 0.750. The monoisotopic (exact) mass is 298 g/mol. The van der Waals surface area contributed by atoms with Crippen LogP contribution in [0.4, 0.5) is 0 Å². The van der Waals surface area contributed by atoms with E-state index in [-0.39, 0.29) is 12.0 Å². The van der Waals surface area contributed by atoms with Crippen LogP contribution in [0.25, 0.3) is 0 Å². The molecule has 20 heavy (non-hydrogen) atoms. The quantitative estimate of drug-likeness (QED) is 0.482. The van der Waals surface area contributed by atoms with Gasteiger partial charge in [-0.15, -0.1) is 0 Å². The molecule has 1 atom stereocenters. The van der Waals surface area contributed by atoms with E-state index < -0.39 is 0 Å². The van der Waals surface area contributed by atoms with Crippen molar-refractivity contribution in [1.82, 2.24) is 9.97 Å². The number of halogens is 1. The van der Waals surface area contributed by atoms with Gasteiger partial charge in [0.1, 0.15) is 11.0 Å². The molecule has 0 saturated carbocycles. The molecule has 0 N–H and O–H groups in total. The van der Waals surface area contributed by atoms with Crippen LogP contribution in [0.2, 0.25) is 5.15 Å². The first kappa shape index (κ1) is 17.2. The van der Waals surface area contributed by atoms with Gasteiger partial charge in [-0.05, 0) is 26.7 Å². The number of aromatic nitrogens is 2. The van der Waals surface area contributed by atoms with Crippen LogP contribution in [0.5, 0.6) is 5.88 Å². The highest BCUT2D eigenvalue weighted by Gasteiger charge is 2.15. The van der Waals surface area contributed by atoms with E-state index in [1.807, 2.05) is 6.92 Å². The third kappa shape index (κ3) is 5.28. The van der Waals surface area contributed by atoms with Crippen molar-refractivity contribution < 1.29 is 4.74 Å². The summed E-state index contributed by atoms with van der Waals surface area (Å²) in [6.45, 7) is 10.3. The summed E-state index contributed by atoms with van der Waals surface area (Å²) in [6.07, 6.45) is 6.24. The average molecular weight is 299 g/mol. The van der Waals surface area contributed by atoms with E-state index >= 15 is 0 Å². The van der Waals surface area contributed by atoms with Crippen molar-refractivity contribution >= 4 is 11.6 Å². The van der Waals surface area contributed by atoms with Gasteiger partial charge >= 0.3 is 0 Å². The lowest BCUT2D eigenvalue weighted by Gasteiger charge is -2.17. The molecule has 1 unspecified atom stereocenters. The smallest absolute Gasteiger partial charge is 0.221 e. The van der Waals surface area contributed by atoms with Gasteiger partial charge in [0.25, 0.3) is 0 Å². The number of rotatable bonds is 8. The van der Waals surface area contributed by atoms with Crippen LogP contribution in [0, 0.1) is 6.92 Å². The van der Waals surface area contributed by atoms with Crippen LogP contribution in [-0.2, 0) is 0 Å². The standard InChI is InChI=1S/C16H27ClN2O/c1-6-7-8-9-10-12(4)20-16-13(5)14(17)18-15(19-16)11(2)3/h11-12H,6-10H2,1-5H3. The van der Waals surface area contributed by atoms with Gasteiger partial charge in [-0.3, -0.25) is 0 Å². The lowest BCUT2D eigenvalue weighted by Crippen LogP contribution is -2.15. The maximum atomic E-state index is 6.16. The molecule has 3 nitrogen and oxygen atoms in total. The van der Waals surface area contributed by atoms with Crippen molar-refractivity contribution in [2.75, 3.05) is 0 Å². The molecule has 1 aromatic heterocycles. The predicted octanol–water partition coefficient (Wildman–Crippen LogP) is 5.30. The minimum absolute atomic E-state index is 0.163. The molecule has 0 aliphatic carbocycles. The maximum Gasteiger partial charge on any atom is 0.221 e. The molecule has 1 aromatic rings. The molecule has 114 valence electrons. The van der Waals surface area contributed by atoms with Crippen molar-refractivity contribution in [2.45, 2.75) is 78.7 Å². The second kappa shape index (κ2) is 8.46. The summed E-state index contributed by atoms with van der Waals surface area (Å²) in [5, 5.41) is 0.497. The van der Waals surface area contributed by atoms with Crippen LogP contribution in [0.15, 0.2) is 0 Å². The van der Waals surface area contributed by atoms with E-state index in [2.05, 4.69) is 37.7 Å². The Morgan fingerprint density at radius 3 is 2.40 bits per heavy atom. The highest BCUT2D eigenvalue weighted by Crippen LogP contribution is 2.26. The molecule has 0 amide bonds. The fourth-order valence-electron chi connectivity index (χ4n) is 1.97. The van der Waals surface area contributed by atoms with E-state index in [1.54, 1.807) is 0 Å². The molecule has 0 aliphatic rings. The Hall–Kier alpha value is -0.830. The van der Waals surface area contributed by atoms with Gasteiger partial charge < -0.3 is 4.74 Å². The van der Waals surface area contributed by atoms with Crippen LogP contribution < -0.4 is 4.74 Å². The number of unbranched alkanes of at least 4 members (excludes halogenated alkanes) is 3. The zero-order valence-corrected chi connectivity index (χ0v) is 14.1. The molecule has 0 saturated heterocycles. The molecular formula is C16H27ClN2O. The molecule has 0 aromatic carbocycles. The Morgan fingerprint density at radius 1 is 1.10 bits per heavy atom. The summed E-state index contributed by atoms with van der Waals surface area (Å²) < 4.78 is 5.96. The Morgan fingerprint density at radius 2 is 1.80 bits per heavy atom. The summed E-state index contributed by atoms with van der Waals surface area (Å²) in [7, 11) is 0. The number of hydrogen-bond acceptors (Lipinski definition) is 3. The highest BCUT2D eigenvalue weighted by atomic mass is 35.5. The van der Waals surface area contributed by atoms with Crippen molar-refractivity contribution in [2.24, 2.45) is 0 Å². The van der Waals surface area contributed by atoms with Crippen LogP contribution in [0.1, 0.15) is 77.1 Å². The summed E-state index contributed by atoms with van der Waals surface area (Å²) in [4.78, 5) is 8.80. The van der Waals surface area contributed by atoms with Gasteiger partial charge in [-0.25, -0.2) is 4.98 Å². The molecule has 0 bridgehead atoms. The third-order valence-electron chi connectivity index (χ3n) is 3.35. The third-order valence-corrected chi connectivity index (χ3v) is 3.72. The summed E-state index contributed by atoms with van der Waals surface area (Å²) >= 11 is 6.16. The first-order valence-corrected chi connectivity index (χ1v) is 8.04. The van der Waals surface area contributed by atoms with Crippen molar-refractivity contribution in [3.63, 3.8) is 0 Å². The van der Waals surface area contributed by atoms with Crippen molar-refractivity contribution in [1.29, 1.82) is 0 Å². The first-order chi connectivity index (χ1) is 9.45. The maximum absolute atomic E-state index is 6.16. The summed E-state index contributed by atoms with van der Waals surface area (Å²) in [6, 6.07) is 0. The SMILES string of the molecule is CCCCCCC(C)Oc1nc(C(C)C)nc(Cl)c1C. The van der Waals surface area contributed by atoms with Crippen molar-refractivity contribution in [3.8, 4) is 5.88 Å². The molecule has 0 radical (unpaired) electrons. The van der Waals surface area contributed by atoms with E-state index in [1.165, 1.54) is 25.7 Å². The molecule has 0 aliphatic heterocycles. The average Bonchev–Trinajstić information content (AvgIpc) is 2.39. The zero-order valence-electron chi connectivity index (χ0n) is 13.4. The van der Waals surface area contributed by atoms with Gasteiger partial charge in [-0.2, -0.15) is 4.98 Å². The Balaban J connectivity index is 2.66. The molecule has 0 spiro atoms. The van der Waals surface area contributed by atoms with E-state index in [0.717, 1.165) is 17.8 Å². The number of hydrogen-bond donors (Lipinski definition) is 0. The minimum Gasteiger partial charge on any atom is -0.474 e. The second-order valence-corrected chi connectivity index (χ2v) is 6.09. The van der Waals surface area contributed by atoms with Crippen LogP contribution >= 0.6 is 11.6 Å². The van der Waals surface area contributed by atoms with Gasteiger partial charge in [0.15, 0.2) is 0 Å². The van der Waals surface area contributed by atoms with Gasteiger partial charge in [-0.1, -0.05) is 51.6 Å². The number of ether oxygens (including phenoxy) is 1. The van der Waals surface area contributed by atoms with E-state index in [9.17, 15) is 0 Å². The molecule has 4 heteroatoms. The fourth-order valence-corrected chi connectivity index (χ4v) is 2.13. The van der Waals surface area contributed by atoms with Gasteiger partial charge in [0, 0.05) is 11.5 Å². The molecule has 1 heterocycles. The van der Waals surface area contributed by atoms with Gasteiger partial charge in [0.05, 0.1) is 6.10 Å². The van der Waals surface area contributed by atoms with Crippen LogP contribution in [0.3, 0.4) is 0 Å². The van der Waals surface area contributed by atoms with E-state index in [0.29, 0.717) is 11.0 Å². The number of nitrogens with zero attached hydrogens (tertiary/aromatic N) is 2. The Kier molecular flexibility index (Phi) is 7.28. The molecule has 0 fully saturated rings. The van der Waals surface area contributed by atoms with Crippen LogP contribution in [-0.4, -0.2) is 16.1 Å². The minimum atomic E-state index is 0.163. The van der Waals surface area contributed by atoms with Gasteiger partial charge in [0.2, 0.25) is 5.88 Å². The Bertz CT molecular complexity index is 421. The van der Waals surface area contributed by atoms with E-state index in [4.69, 9.17) is 16.3 Å². The second-order valence-electron chi connectivity index (χ2n) is 5.74. The summed E-state index contributed by atoms with van der Waals surface area (Å²) in [5.41, 5.74) is 0.830. The largest absolute Gasteiger partial charge is 0.474 e. The lowest BCUT2D eigenvalue weighted by atomic mass is 10.1. The Labute approximate surface area is 128 Å². The lowest BCUT2D eigenvalue weighted by molar-refractivity contribution is 0.195. The predicted molar refractivity (Wildman–Crippen MR) is 84.7 cm³/mol. The zero-order chi connectivity index (χ0) is 15.1.